The van der Waals surface area contributed by atoms with Gasteiger partial charge in [-0.2, -0.15) is 0 Å². The summed E-state index contributed by atoms with van der Waals surface area (Å²) in [6, 6.07) is 0. The summed E-state index contributed by atoms with van der Waals surface area (Å²) in [6.45, 7) is 0.159. The van der Waals surface area contributed by atoms with Gasteiger partial charge in [-0.1, -0.05) is 5.16 Å². The van der Waals surface area contributed by atoms with E-state index >= 15 is 0 Å². The molecule has 2 rings (SSSR count). The molecule has 0 aromatic carbocycles. The molecule has 1 fully saturated rings. The molecule has 1 aromatic heterocycles. The molecule has 16 heavy (non-hydrogen) atoms. The molecule has 7 heteroatoms. The van der Waals surface area contributed by atoms with Crippen molar-refractivity contribution in [3.05, 3.63) is 11.8 Å². The molecule has 1 aliphatic rings. The standard InChI is InChI=1S/C9H14N2O4S/c1-14-4-5-16(12,13)11-9-8(6-15-10-9)7-2-3-7/h6-7H,2-5H2,1H3,(H,10,11). The van der Waals surface area contributed by atoms with Gasteiger partial charge in [0, 0.05) is 12.7 Å². The maximum Gasteiger partial charge on any atom is 0.236 e. The Hall–Kier alpha value is -1.08. The van der Waals surface area contributed by atoms with E-state index in [-0.39, 0.29) is 12.4 Å². The highest BCUT2D eigenvalue weighted by Crippen LogP contribution is 2.43. The van der Waals surface area contributed by atoms with Crippen LogP contribution in [0, 0.1) is 0 Å². The van der Waals surface area contributed by atoms with Gasteiger partial charge in [-0.15, -0.1) is 0 Å². The SMILES string of the molecule is COCCS(=O)(=O)Nc1nocc1C1CC1. The molecule has 1 N–H and O–H groups in total. The Morgan fingerprint density at radius 1 is 1.62 bits per heavy atom. The summed E-state index contributed by atoms with van der Waals surface area (Å²) in [5.74, 6) is 0.630. The van der Waals surface area contributed by atoms with Gasteiger partial charge in [0.1, 0.15) is 6.26 Å². The molecule has 0 radical (unpaired) electrons. The second-order valence-corrected chi connectivity index (χ2v) is 5.65. The molecule has 1 saturated carbocycles. The Morgan fingerprint density at radius 3 is 3.00 bits per heavy atom. The fourth-order valence-electron chi connectivity index (χ4n) is 1.40. The normalized spacial score (nSPS) is 16.3. The third kappa shape index (κ3) is 2.73. The van der Waals surface area contributed by atoms with Gasteiger partial charge >= 0.3 is 0 Å². The molecule has 0 unspecified atom stereocenters. The van der Waals surface area contributed by atoms with Gasteiger partial charge in [0.2, 0.25) is 10.0 Å². The van der Waals surface area contributed by atoms with E-state index in [1.54, 1.807) is 0 Å². The zero-order valence-electron chi connectivity index (χ0n) is 8.97. The second kappa shape index (κ2) is 4.42. The van der Waals surface area contributed by atoms with Crippen LogP contribution in [0.4, 0.5) is 5.82 Å². The minimum atomic E-state index is -3.39. The average molecular weight is 246 g/mol. The van der Waals surface area contributed by atoms with Crippen LogP contribution in [0.25, 0.3) is 0 Å². The number of sulfonamides is 1. The van der Waals surface area contributed by atoms with E-state index in [2.05, 4.69) is 9.88 Å². The van der Waals surface area contributed by atoms with Crippen LogP contribution in [-0.2, 0) is 14.8 Å². The van der Waals surface area contributed by atoms with Crippen molar-refractivity contribution in [3.63, 3.8) is 0 Å². The zero-order valence-corrected chi connectivity index (χ0v) is 9.79. The monoisotopic (exact) mass is 246 g/mol. The largest absolute Gasteiger partial charge is 0.384 e. The second-order valence-electron chi connectivity index (χ2n) is 3.81. The van der Waals surface area contributed by atoms with Crippen LogP contribution < -0.4 is 4.72 Å². The van der Waals surface area contributed by atoms with Crippen molar-refractivity contribution in [2.24, 2.45) is 0 Å². The number of hydrogen-bond acceptors (Lipinski definition) is 5. The van der Waals surface area contributed by atoms with E-state index in [0.29, 0.717) is 11.7 Å². The van der Waals surface area contributed by atoms with E-state index in [4.69, 9.17) is 9.26 Å². The summed E-state index contributed by atoms with van der Waals surface area (Å²) in [5, 5.41) is 3.66. The summed E-state index contributed by atoms with van der Waals surface area (Å²) in [5.41, 5.74) is 0.848. The quantitative estimate of drug-likeness (QED) is 0.807. The summed E-state index contributed by atoms with van der Waals surface area (Å²) in [7, 11) is -1.93. The maximum absolute atomic E-state index is 11.6. The Balaban J connectivity index is 2.05. The minimum Gasteiger partial charge on any atom is -0.384 e. The first-order chi connectivity index (χ1) is 7.62. The molecule has 1 aliphatic carbocycles. The first kappa shape index (κ1) is 11.4. The van der Waals surface area contributed by atoms with Gasteiger partial charge in [-0.25, -0.2) is 8.42 Å². The van der Waals surface area contributed by atoms with Crippen molar-refractivity contribution in [3.8, 4) is 0 Å². The van der Waals surface area contributed by atoms with E-state index in [1.807, 2.05) is 0 Å². The number of nitrogens with zero attached hydrogens (tertiary/aromatic N) is 1. The van der Waals surface area contributed by atoms with E-state index in [0.717, 1.165) is 18.4 Å². The molecule has 90 valence electrons. The van der Waals surface area contributed by atoms with Crippen molar-refractivity contribution in [1.82, 2.24) is 5.16 Å². The van der Waals surface area contributed by atoms with Crippen LogP contribution in [0.3, 0.4) is 0 Å². The molecular formula is C9H14N2O4S. The number of rotatable bonds is 6. The van der Waals surface area contributed by atoms with Gasteiger partial charge < -0.3 is 9.26 Å². The number of nitrogens with one attached hydrogen (secondary N) is 1. The van der Waals surface area contributed by atoms with Crippen molar-refractivity contribution in [2.75, 3.05) is 24.2 Å². The smallest absolute Gasteiger partial charge is 0.236 e. The molecule has 0 amide bonds. The minimum absolute atomic E-state index is 0.0829. The van der Waals surface area contributed by atoms with Crippen molar-refractivity contribution in [2.45, 2.75) is 18.8 Å². The number of ether oxygens (including phenoxy) is 1. The van der Waals surface area contributed by atoms with Crippen LogP contribution in [0.1, 0.15) is 24.3 Å². The maximum atomic E-state index is 11.6. The topological polar surface area (TPSA) is 81.4 Å². The zero-order chi connectivity index (χ0) is 11.6. The first-order valence-corrected chi connectivity index (χ1v) is 6.71. The van der Waals surface area contributed by atoms with Crippen LogP contribution >= 0.6 is 0 Å². The molecule has 1 aromatic rings. The predicted molar refractivity (Wildman–Crippen MR) is 57.8 cm³/mol. The molecule has 1 heterocycles. The lowest BCUT2D eigenvalue weighted by molar-refractivity contribution is 0.217. The van der Waals surface area contributed by atoms with Crippen LogP contribution in [0.2, 0.25) is 0 Å². The summed E-state index contributed by atoms with van der Waals surface area (Å²) in [6.07, 6.45) is 3.63. The van der Waals surface area contributed by atoms with Crippen molar-refractivity contribution >= 4 is 15.8 Å². The molecule has 0 spiro atoms. The van der Waals surface area contributed by atoms with Crippen molar-refractivity contribution < 1.29 is 17.7 Å². The lowest BCUT2D eigenvalue weighted by Crippen LogP contribution is -2.20. The summed E-state index contributed by atoms with van der Waals surface area (Å²) < 4.78 is 35.1. The summed E-state index contributed by atoms with van der Waals surface area (Å²) in [4.78, 5) is 0. The lowest BCUT2D eigenvalue weighted by atomic mass is 10.2. The first-order valence-electron chi connectivity index (χ1n) is 5.06. The average Bonchev–Trinajstić information content (AvgIpc) is 2.98. The Morgan fingerprint density at radius 2 is 2.38 bits per heavy atom. The highest BCUT2D eigenvalue weighted by Gasteiger charge is 2.30. The van der Waals surface area contributed by atoms with Crippen LogP contribution in [0.5, 0.6) is 0 Å². The number of methoxy groups -OCH3 is 1. The highest BCUT2D eigenvalue weighted by molar-refractivity contribution is 7.92. The third-order valence-corrected chi connectivity index (χ3v) is 3.63. The van der Waals surface area contributed by atoms with E-state index in [1.165, 1.54) is 13.4 Å². The van der Waals surface area contributed by atoms with Crippen LogP contribution in [-0.4, -0.2) is 33.0 Å². The van der Waals surface area contributed by atoms with Gasteiger partial charge in [-0.05, 0) is 18.8 Å². The number of hydrogen-bond donors (Lipinski definition) is 1. The fourth-order valence-corrected chi connectivity index (χ4v) is 2.34. The summed E-state index contributed by atoms with van der Waals surface area (Å²) >= 11 is 0. The Kier molecular flexibility index (Phi) is 3.15. The predicted octanol–water partition coefficient (Wildman–Crippen LogP) is 0.940. The van der Waals surface area contributed by atoms with Gasteiger partial charge in [0.05, 0.1) is 12.4 Å². The Bertz CT molecular complexity index is 450. The molecular weight excluding hydrogens is 232 g/mol. The van der Waals surface area contributed by atoms with Crippen LogP contribution in [0.15, 0.2) is 10.8 Å². The van der Waals surface area contributed by atoms with E-state index in [9.17, 15) is 8.42 Å². The van der Waals surface area contributed by atoms with E-state index < -0.39 is 10.0 Å². The number of aromatic nitrogens is 1. The van der Waals surface area contributed by atoms with Gasteiger partial charge in [-0.3, -0.25) is 4.72 Å². The lowest BCUT2D eigenvalue weighted by Gasteiger charge is -2.05. The number of anilines is 1. The highest BCUT2D eigenvalue weighted by atomic mass is 32.2. The molecule has 0 saturated heterocycles. The molecule has 6 nitrogen and oxygen atoms in total. The molecule has 0 aliphatic heterocycles. The molecule has 0 bridgehead atoms. The van der Waals surface area contributed by atoms with Crippen molar-refractivity contribution in [1.29, 1.82) is 0 Å². The van der Waals surface area contributed by atoms with Gasteiger partial charge in [0.25, 0.3) is 0 Å². The molecule has 0 atom stereocenters. The fraction of sp³-hybridized carbons (Fsp3) is 0.667. The Labute approximate surface area is 94.0 Å². The van der Waals surface area contributed by atoms with Gasteiger partial charge in [0.15, 0.2) is 5.82 Å². The third-order valence-electron chi connectivity index (χ3n) is 2.42.